The molecule has 0 aromatic heterocycles. The molecule has 1 aromatic carbocycles. The molecule has 2 unspecified atom stereocenters. The van der Waals surface area contributed by atoms with Crippen molar-refractivity contribution in [3.05, 3.63) is 22.8 Å². The van der Waals surface area contributed by atoms with Crippen LogP contribution in [0.2, 0.25) is 0 Å². The minimum absolute atomic E-state index is 0.104. The Morgan fingerprint density at radius 2 is 1.59 bits per heavy atom. The summed E-state index contributed by atoms with van der Waals surface area (Å²) in [6, 6.07) is 1.87. The molecule has 4 heteroatoms. The number of benzene rings is 1. The van der Waals surface area contributed by atoms with E-state index in [1.165, 1.54) is 57.8 Å². The molecule has 152 valence electrons. The van der Waals surface area contributed by atoms with Crippen LogP contribution in [0.1, 0.15) is 87.8 Å². The van der Waals surface area contributed by atoms with Crippen molar-refractivity contribution in [1.82, 2.24) is 0 Å². The van der Waals surface area contributed by atoms with E-state index in [-0.39, 0.29) is 11.2 Å². The van der Waals surface area contributed by atoms with Gasteiger partial charge in [-0.2, -0.15) is 0 Å². The first kappa shape index (κ1) is 22.1. The van der Waals surface area contributed by atoms with Gasteiger partial charge in [-0.25, -0.2) is 0 Å². The van der Waals surface area contributed by atoms with Gasteiger partial charge in [0.1, 0.15) is 5.75 Å². The van der Waals surface area contributed by atoms with Gasteiger partial charge in [0, 0.05) is 10.9 Å². The van der Waals surface area contributed by atoms with Gasteiger partial charge in [0.15, 0.2) is 0 Å². The zero-order valence-electron chi connectivity index (χ0n) is 17.6. The number of thioether (sulfide) groups is 1. The maximum Gasteiger partial charge on any atom is 0.238 e. The molecule has 0 bridgehead atoms. The monoisotopic (exact) mass is 391 g/mol. The smallest absolute Gasteiger partial charge is 0.238 e. The Labute approximate surface area is 169 Å². The van der Waals surface area contributed by atoms with Crippen molar-refractivity contribution in [3.8, 4) is 5.75 Å². The number of amides is 1. The summed E-state index contributed by atoms with van der Waals surface area (Å²) in [5.41, 5.74) is 3.44. The predicted octanol–water partition coefficient (Wildman–Crippen LogP) is 6.66. The Morgan fingerprint density at radius 1 is 1.00 bits per heavy atom. The number of phenolic OH excluding ortho intramolecular Hbond substituents is 1. The summed E-state index contributed by atoms with van der Waals surface area (Å²) in [7, 11) is 0. The summed E-state index contributed by atoms with van der Waals surface area (Å²) >= 11 is 1.80. The van der Waals surface area contributed by atoms with E-state index in [2.05, 4.69) is 12.2 Å². The molecule has 0 aliphatic carbocycles. The molecule has 27 heavy (non-hydrogen) atoms. The molecule has 2 N–H and O–H groups in total. The van der Waals surface area contributed by atoms with Crippen molar-refractivity contribution in [3.63, 3.8) is 0 Å². The molecule has 0 radical (unpaired) electrons. The Kier molecular flexibility index (Phi) is 9.01. The molecule has 1 aliphatic heterocycles. The van der Waals surface area contributed by atoms with Gasteiger partial charge in [0.2, 0.25) is 5.91 Å². The topological polar surface area (TPSA) is 49.3 Å². The van der Waals surface area contributed by atoms with E-state index in [1.807, 2.05) is 26.8 Å². The van der Waals surface area contributed by atoms with Crippen molar-refractivity contribution in [1.29, 1.82) is 0 Å². The van der Waals surface area contributed by atoms with Crippen LogP contribution in [0.25, 0.3) is 0 Å². The van der Waals surface area contributed by atoms with Gasteiger partial charge < -0.3 is 10.4 Å². The van der Waals surface area contributed by atoms with Gasteiger partial charge in [0.25, 0.3) is 0 Å². The first-order chi connectivity index (χ1) is 13.0. The third-order valence-corrected chi connectivity index (χ3v) is 7.13. The molecule has 1 saturated heterocycles. The second-order valence-corrected chi connectivity index (χ2v) is 9.43. The Bertz CT molecular complexity index is 629. The summed E-state index contributed by atoms with van der Waals surface area (Å²) < 4.78 is 0. The number of nitrogens with one attached hydrogen (secondary N) is 1. The Hall–Kier alpha value is -1.16. The number of unbranched alkanes of at least 4 members (excludes halogenated alkanes) is 8. The van der Waals surface area contributed by atoms with Crippen molar-refractivity contribution in [2.24, 2.45) is 0 Å². The fourth-order valence-electron chi connectivity index (χ4n) is 3.65. The number of aromatic hydroxyl groups is 1. The lowest BCUT2D eigenvalue weighted by Gasteiger charge is -2.13. The van der Waals surface area contributed by atoms with Crippen LogP contribution in [-0.4, -0.2) is 21.5 Å². The molecule has 3 nitrogen and oxygen atoms in total. The molecular weight excluding hydrogens is 354 g/mol. The first-order valence-electron chi connectivity index (χ1n) is 10.7. The van der Waals surface area contributed by atoms with Crippen molar-refractivity contribution in [2.75, 3.05) is 5.32 Å². The molecule has 2 atom stereocenters. The fraction of sp³-hybridized carbons (Fsp3) is 0.696. The summed E-state index contributed by atoms with van der Waals surface area (Å²) in [5.74, 6) is 0.447. The van der Waals surface area contributed by atoms with E-state index in [0.29, 0.717) is 11.0 Å². The summed E-state index contributed by atoms with van der Waals surface area (Å²) in [6.07, 6.45) is 13.3. The SMILES string of the molecule is CCCCCCCCCCCC1SC1C(=O)Nc1cc(C)c(O)c(C)c1C. The van der Waals surface area contributed by atoms with Crippen LogP contribution < -0.4 is 5.32 Å². The molecule has 1 aromatic rings. The molecule has 1 fully saturated rings. The highest BCUT2D eigenvalue weighted by atomic mass is 32.2. The lowest BCUT2D eigenvalue weighted by atomic mass is 10.0. The highest BCUT2D eigenvalue weighted by molar-refractivity contribution is 8.08. The summed E-state index contributed by atoms with van der Waals surface area (Å²) in [5, 5.41) is 13.7. The Balaban J connectivity index is 1.62. The van der Waals surface area contributed by atoms with Crippen LogP contribution >= 0.6 is 11.8 Å². The van der Waals surface area contributed by atoms with Crippen LogP contribution in [0.4, 0.5) is 5.69 Å². The van der Waals surface area contributed by atoms with Crippen LogP contribution in [0.5, 0.6) is 5.75 Å². The van der Waals surface area contributed by atoms with Gasteiger partial charge in [-0.15, -0.1) is 11.8 Å². The van der Waals surface area contributed by atoms with Crippen molar-refractivity contribution in [2.45, 2.75) is 102 Å². The highest BCUT2D eigenvalue weighted by Crippen LogP contribution is 2.45. The molecular formula is C23H37NO2S. The van der Waals surface area contributed by atoms with E-state index in [4.69, 9.17) is 0 Å². The van der Waals surface area contributed by atoms with E-state index in [0.717, 1.165) is 28.8 Å². The zero-order valence-corrected chi connectivity index (χ0v) is 18.4. The van der Waals surface area contributed by atoms with Crippen LogP contribution in [0, 0.1) is 20.8 Å². The summed E-state index contributed by atoms with van der Waals surface area (Å²) in [6.45, 7) is 7.98. The lowest BCUT2D eigenvalue weighted by molar-refractivity contribution is -0.115. The zero-order chi connectivity index (χ0) is 19.8. The second kappa shape index (κ2) is 11.0. The van der Waals surface area contributed by atoms with Gasteiger partial charge in [-0.1, -0.05) is 64.7 Å². The summed E-state index contributed by atoms with van der Waals surface area (Å²) in [4.78, 5) is 12.5. The number of carbonyl (C=O) groups is 1. The molecule has 1 aliphatic rings. The third-order valence-electron chi connectivity index (χ3n) is 5.75. The largest absolute Gasteiger partial charge is 0.507 e. The first-order valence-corrected chi connectivity index (χ1v) is 11.7. The number of hydrogen-bond donors (Lipinski definition) is 2. The average molecular weight is 392 g/mol. The quantitative estimate of drug-likeness (QED) is 0.238. The number of anilines is 1. The normalized spacial score (nSPS) is 18.5. The number of hydrogen-bond acceptors (Lipinski definition) is 3. The third kappa shape index (κ3) is 6.74. The predicted molar refractivity (Wildman–Crippen MR) is 118 cm³/mol. The maximum atomic E-state index is 12.5. The van der Waals surface area contributed by atoms with Crippen LogP contribution in [0.3, 0.4) is 0 Å². The van der Waals surface area contributed by atoms with Crippen LogP contribution in [-0.2, 0) is 4.79 Å². The van der Waals surface area contributed by atoms with Gasteiger partial charge in [-0.05, 0) is 49.9 Å². The molecule has 0 saturated carbocycles. The molecule has 1 heterocycles. The van der Waals surface area contributed by atoms with Crippen molar-refractivity contribution < 1.29 is 9.90 Å². The lowest BCUT2D eigenvalue weighted by Crippen LogP contribution is -2.20. The van der Waals surface area contributed by atoms with E-state index < -0.39 is 0 Å². The number of carbonyl (C=O) groups excluding carboxylic acids is 1. The van der Waals surface area contributed by atoms with Crippen LogP contribution in [0.15, 0.2) is 6.07 Å². The van der Waals surface area contributed by atoms with Gasteiger partial charge in [-0.3, -0.25) is 4.79 Å². The van der Waals surface area contributed by atoms with Crippen molar-refractivity contribution >= 4 is 23.4 Å². The van der Waals surface area contributed by atoms with E-state index in [1.54, 1.807) is 11.8 Å². The fourth-order valence-corrected chi connectivity index (χ4v) is 4.68. The number of phenols is 1. The minimum atomic E-state index is 0.104. The Morgan fingerprint density at radius 3 is 2.22 bits per heavy atom. The van der Waals surface area contributed by atoms with Gasteiger partial charge >= 0.3 is 0 Å². The maximum absolute atomic E-state index is 12.5. The molecule has 0 spiro atoms. The average Bonchev–Trinajstić information content (AvgIpc) is 3.42. The second-order valence-electron chi connectivity index (χ2n) is 8.04. The highest BCUT2D eigenvalue weighted by Gasteiger charge is 2.43. The molecule has 1 amide bonds. The van der Waals surface area contributed by atoms with E-state index in [9.17, 15) is 9.90 Å². The molecule has 2 rings (SSSR count). The number of aryl methyl sites for hydroxylation is 1. The standard InChI is InChI=1S/C23H37NO2S/c1-5-6-7-8-9-10-11-12-13-14-20-22(27-20)23(26)24-19-15-16(2)21(25)18(4)17(19)3/h15,20,22,25H,5-14H2,1-4H3,(H,24,26). The van der Waals surface area contributed by atoms with E-state index >= 15 is 0 Å². The number of rotatable bonds is 12. The minimum Gasteiger partial charge on any atom is -0.507 e. The van der Waals surface area contributed by atoms with Gasteiger partial charge in [0.05, 0.1) is 5.25 Å².